The van der Waals surface area contributed by atoms with E-state index in [9.17, 15) is 18.0 Å². The van der Waals surface area contributed by atoms with Crippen LogP contribution in [0.15, 0.2) is 34.9 Å². The van der Waals surface area contributed by atoms with Crippen molar-refractivity contribution >= 4 is 17.5 Å². The third-order valence-corrected chi connectivity index (χ3v) is 2.89. The van der Waals surface area contributed by atoms with E-state index < -0.39 is 18.8 Å². The number of hydrogen-bond donors (Lipinski definition) is 2. The van der Waals surface area contributed by atoms with Crippen LogP contribution in [-0.4, -0.2) is 29.9 Å². The van der Waals surface area contributed by atoms with Crippen LogP contribution in [0.5, 0.6) is 5.75 Å². The summed E-state index contributed by atoms with van der Waals surface area (Å²) < 4.78 is 46.0. The van der Waals surface area contributed by atoms with Gasteiger partial charge in [-0.3, -0.25) is 10.1 Å². The first-order valence-electron chi connectivity index (χ1n) is 7.03. The summed E-state index contributed by atoms with van der Waals surface area (Å²) in [6, 6.07) is 6.83. The third-order valence-electron chi connectivity index (χ3n) is 2.89. The molecule has 0 saturated heterocycles. The average Bonchev–Trinajstić information content (AvgIpc) is 2.90. The minimum atomic E-state index is -4.41. The van der Waals surface area contributed by atoms with Crippen molar-refractivity contribution in [3.05, 3.63) is 36.0 Å². The van der Waals surface area contributed by atoms with Crippen LogP contribution in [0.25, 0.3) is 0 Å². The number of amides is 1. The number of nitrogens with one attached hydrogen (secondary N) is 2. The van der Waals surface area contributed by atoms with Crippen LogP contribution in [0.1, 0.15) is 12.6 Å². The molecule has 1 aromatic heterocycles. The first-order valence-corrected chi connectivity index (χ1v) is 7.03. The number of anilines is 2. The molecule has 1 amide bonds. The molecule has 9 heteroatoms. The number of carbonyl (C=O) groups is 1. The van der Waals surface area contributed by atoms with E-state index in [4.69, 9.17) is 4.52 Å². The highest BCUT2D eigenvalue weighted by Crippen LogP contribution is 2.22. The minimum absolute atomic E-state index is 0.0517. The van der Waals surface area contributed by atoms with Crippen molar-refractivity contribution in [1.82, 2.24) is 5.16 Å². The molecule has 6 nitrogen and oxygen atoms in total. The van der Waals surface area contributed by atoms with Gasteiger partial charge in [0.05, 0.1) is 5.69 Å². The Morgan fingerprint density at radius 2 is 2.12 bits per heavy atom. The van der Waals surface area contributed by atoms with Gasteiger partial charge in [0.25, 0.3) is 0 Å². The lowest BCUT2D eigenvalue weighted by Crippen LogP contribution is -2.31. The Labute approximate surface area is 136 Å². The van der Waals surface area contributed by atoms with Crippen LogP contribution in [0, 0.1) is 6.92 Å². The van der Waals surface area contributed by atoms with Gasteiger partial charge in [0, 0.05) is 17.8 Å². The van der Waals surface area contributed by atoms with Crippen molar-refractivity contribution in [3.8, 4) is 5.75 Å². The predicted octanol–water partition coefficient (Wildman–Crippen LogP) is 3.36. The summed E-state index contributed by atoms with van der Waals surface area (Å²) in [6.07, 6.45) is -4.41. The number of ether oxygens (including phenoxy) is 1. The summed E-state index contributed by atoms with van der Waals surface area (Å²) in [7, 11) is 0. The highest BCUT2D eigenvalue weighted by molar-refractivity contribution is 5.95. The lowest BCUT2D eigenvalue weighted by atomic mass is 10.2. The fraction of sp³-hybridized carbons (Fsp3) is 0.333. The van der Waals surface area contributed by atoms with Gasteiger partial charge >= 0.3 is 6.18 Å². The molecular weight excluding hydrogens is 327 g/mol. The number of rotatable bonds is 6. The number of nitrogens with zero attached hydrogens (tertiary/aromatic N) is 1. The fourth-order valence-electron chi connectivity index (χ4n) is 1.81. The third kappa shape index (κ3) is 5.49. The first-order chi connectivity index (χ1) is 11.2. The number of benzene rings is 1. The summed E-state index contributed by atoms with van der Waals surface area (Å²) >= 11 is 0. The van der Waals surface area contributed by atoms with Crippen LogP contribution >= 0.6 is 0 Å². The zero-order chi connectivity index (χ0) is 17.7. The molecule has 0 bridgehead atoms. The van der Waals surface area contributed by atoms with Gasteiger partial charge in [-0.05, 0) is 26.0 Å². The van der Waals surface area contributed by atoms with E-state index in [2.05, 4.69) is 20.5 Å². The molecule has 130 valence electrons. The zero-order valence-corrected chi connectivity index (χ0v) is 13.0. The standard InChI is InChI=1S/C15H16F3N3O3/c1-9-6-13(24-21-9)20-14(22)10(2)19-11-4-3-5-12(7-11)23-8-15(16,17)18/h3-7,10,19H,8H2,1-2H3,(H,20,22)/t10-/m0/s1. The lowest BCUT2D eigenvalue weighted by molar-refractivity contribution is -0.153. The summed E-state index contributed by atoms with van der Waals surface area (Å²) in [5, 5.41) is 9.05. The maximum absolute atomic E-state index is 12.2. The Bertz CT molecular complexity index is 701. The van der Waals surface area contributed by atoms with Crippen molar-refractivity contribution in [1.29, 1.82) is 0 Å². The van der Waals surface area contributed by atoms with E-state index in [0.29, 0.717) is 11.4 Å². The van der Waals surface area contributed by atoms with E-state index in [1.807, 2.05) is 0 Å². The number of hydrogen-bond acceptors (Lipinski definition) is 5. The molecule has 0 radical (unpaired) electrons. The molecular formula is C15H16F3N3O3. The quantitative estimate of drug-likeness (QED) is 0.841. The maximum Gasteiger partial charge on any atom is 0.422 e. The minimum Gasteiger partial charge on any atom is -0.484 e. The molecule has 0 aliphatic heterocycles. The van der Waals surface area contributed by atoms with E-state index in [-0.39, 0.29) is 17.5 Å². The Morgan fingerprint density at radius 1 is 1.38 bits per heavy atom. The first kappa shape index (κ1) is 17.6. The largest absolute Gasteiger partial charge is 0.484 e. The molecule has 2 aromatic rings. The topological polar surface area (TPSA) is 76.4 Å². The van der Waals surface area contributed by atoms with Crippen molar-refractivity contribution in [2.45, 2.75) is 26.1 Å². The molecule has 0 aliphatic rings. The van der Waals surface area contributed by atoms with Gasteiger partial charge < -0.3 is 14.6 Å². The van der Waals surface area contributed by atoms with Crippen LogP contribution in [0.3, 0.4) is 0 Å². The Hall–Kier alpha value is -2.71. The highest BCUT2D eigenvalue weighted by Gasteiger charge is 2.28. The van der Waals surface area contributed by atoms with Gasteiger partial charge in [0.15, 0.2) is 6.61 Å². The lowest BCUT2D eigenvalue weighted by Gasteiger charge is -2.15. The van der Waals surface area contributed by atoms with Crippen molar-refractivity contribution < 1.29 is 27.2 Å². The van der Waals surface area contributed by atoms with Gasteiger partial charge in [0.1, 0.15) is 11.8 Å². The Kier molecular flexibility index (Phi) is 5.32. The monoisotopic (exact) mass is 343 g/mol. The molecule has 0 unspecified atom stereocenters. The maximum atomic E-state index is 12.2. The smallest absolute Gasteiger partial charge is 0.422 e. The number of carbonyl (C=O) groups excluding carboxylic acids is 1. The molecule has 1 aromatic carbocycles. The summed E-state index contributed by atoms with van der Waals surface area (Å²) in [5.74, 6) is -0.114. The van der Waals surface area contributed by atoms with Crippen LogP contribution in [-0.2, 0) is 4.79 Å². The van der Waals surface area contributed by atoms with Gasteiger partial charge in [-0.1, -0.05) is 11.2 Å². The molecule has 0 spiro atoms. The van der Waals surface area contributed by atoms with Gasteiger partial charge in [-0.25, -0.2) is 0 Å². The number of aromatic nitrogens is 1. The normalized spacial score (nSPS) is 12.5. The summed E-state index contributed by atoms with van der Waals surface area (Å²) in [4.78, 5) is 12.0. The molecule has 0 fully saturated rings. The van der Waals surface area contributed by atoms with Crippen LogP contribution in [0.4, 0.5) is 24.7 Å². The van der Waals surface area contributed by atoms with E-state index >= 15 is 0 Å². The molecule has 24 heavy (non-hydrogen) atoms. The Balaban J connectivity index is 1.93. The summed E-state index contributed by atoms with van der Waals surface area (Å²) in [6.45, 7) is 1.94. The van der Waals surface area contributed by atoms with E-state index in [1.165, 1.54) is 18.2 Å². The number of aryl methyl sites for hydroxylation is 1. The fourth-order valence-corrected chi connectivity index (χ4v) is 1.81. The van der Waals surface area contributed by atoms with Crippen molar-refractivity contribution in [2.24, 2.45) is 0 Å². The molecule has 1 heterocycles. The second-order valence-electron chi connectivity index (χ2n) is 5.12. The second-order valence-corrected chi connectivity index (χ2v) is 5.12. The van der Waals surface area contributed by atoms with Crippen molar-refractivity contribution in [3.63, 3.8) is 0 Å². The van der Waals surface area contributed by atoms with Gasteiger partial charge in [0.2, 0.25) is 11.8 Å². The van der Waals surface area contributed by atoms with Crippen LogP contribution in [0.2, 0.25) is 0 Å². The van der Waals surface area contributed by atoms with Crippen molar-refractivity contribution in [2.75, 3.05) is 17.2 Å². The van der Waals surface area contributed by atoms with E-state index in [1.54, 1.807) is 26.0 Å². The molecule has 0 aliphatic carbocycles. The molecule has 0 saturated carbocycles. The number of halogens is 3. The zero-order valence-electron chi connectivity index (χ0n) is 13.0. The second kappa shape index (κ2) is 7.24. The van der Waals surface area contributed by atoms with Gasteiger partial charge in [-0.15, -0.1) is 0 Å². The van der Waals surface area contributed by atoms with Gasteiger partial charge in [-0.2, -0.15) is 13.2 Å². The Morgan fingerprint density at radius 3 is 2.75 bits per heavy atom. The molecule has 2 N–H and O–H groups in total. The molecule has 2 rings (SSSR count). The van der Waals surface area contributed by atoms with E-state index in [0.717, 1.165) is 0 Å². The predicted molar refractivity (Wildman–Crippen MR) is 80.9 cm³/mol. The highest BCUT2D eigenvalue weighted by atomic mass is 19.4. The summed E-state index contributed by atoms with van der Waals surface area (Å²) in [5.41, 5.74) is 1.08. The SMILES string of the molecule is Cc1cc(NC(=O)[C@H](C)Nc2cccc(OCC(F)(F)F)c2)on1. The molecule has 1 atom stereocenters. The number of alkyl halides is 3. The van der Waals surface area contributed by atoms with Crippen LogP contribution < -0.4 is 15.4 Å². The average molecular weight is 343 g/mol.